The Morgan fingerprint density at radius 3 is 2.43 bits per heavy atom. The number of halogens is 1. The van der Waals surface area contributed by atoms with Crippen molar-refractivity contribution in [1.82, 2.24) is 5.32 Å². The first-order chi connectivity index (χ1) is 13.3. The molecule has 0 unspecified atom stereocenters. The predicted octanol–water partition coefficient (Wildman–Crippen LogP) is 4.44. The number of para-hydroxylation sites is 1. The number of furan rings is 1. The van der Waals surface area contributed by atoms with Crippen LogP contribution in [-0.2, 0) is 21.1 Å². The second kappa shape index (κ2) is 6.94. The zero-order valence-corrected chi connectivity index (χ0v) is 16.9. The Morgan fingerprint density at radius 1 is 1.14 bits per heavy atom. The van der Waals surface area contributed by atoms with Crippen molar-refractivity contribution in [2.75, 3.05) is 6.26 Å². The Labute approximate surface area is 168 Å². The van der Waals surface area contributed by atoms with Gasteiger partial charge in [-0.25, -0.2) is 8.42 Å². The number of sulfone groups is 1. The van der Waals surface area contributed by atoms with E-state index in [0.717, 1.165) is 31.1 Å². The standard InChI is InChI=1S/C21H20ClNO4S/c1-28(25,26)13-17-16-5-2-3-6-18(16)27-19(17)20(24)23-21(11-4-12-21)14-7-9-15(22)10-8-14/h2-3,5-10H,4,11-13H2,1H3,(H,23,24). The van der Waals surface area contributed by atoms with Gasteiger partial charge in [0.15, 0.2) is 15.6 Å². The third-order valence-electron chi connectivity index (χ3n) is 5.27. The predicted molar refractivity (Wildman–Crippen MR) is 109 cm³/mol. The smallest absolute Gasteiger partial charge is 0.288 e. The Morgan fingerprint density at radius 2 is 1.82 bits per heavy atom. The van der Waals surface area contributed by atoms with Crippen LogP contribution in [0.25, 0.3) is 11.0 Å². The van der Waals surface area contributed by atoms with Crippen molar-refractivity contribution in [2.24, 2.45) is 0 Å². The number of carbonyl (C=O) groups excluding carboxylic acids is 1. The minimum Gasteiger partial charge on any atom is -0.451 e. The van der Waals surface area contributed by atoms with Crippen LogP contribution < -0.4 is 5.32 Å². The molecule has 1 fully saturated rings. The topological polar surface area (TPSA) is 76.4 Å². The molecule has 0 radical (unpaired) electrons. The summed E-state index contributed by atoms with van der Waals surface area (Å²) in [4.78, 5) is 13.1. The summed E-state index contributed by atoms with van der Waals surface area (Å²) in [5.74, 6) is -0.586. The van der Waals surface area contributed by atoms with Crippen LogP contribution in [0.5, 0.6) is 0 Å². The maximum Gasteiger partial charge on any atom is 0.288 e. The molecule has 1 heterocycles. The highest BCUT2D eigenvalue weighted by atomic mass is 35.5. The molecule has 0 bridgehead atoms. The van der Waals surface area contributed by atoms with E-state index in [1.165, 1.54) is 0 Å². The second-order valence-corrected chi connectivity index (χ2v) is 9.95. The molecule has 0 spiro atoms. The van der Waals surface area contributed by atoms with E-state index >= 15 is 0 Å². The lowest BCUT2D eigenvalue weighted by molar-refractivity contribution is 0.0796. The maximum atomic E-state index is 13.1. The van der Waals surface area contributed by atoms with Gasteiger partial charge in [-0.3, -0.25) is 4.79 Å². The molecule has 28 heavy (non-hydrogen) atoms. The van der Waals surface area contributed by atoms with E-state index in [2.05, 4.69) is 5.32 Å². The average molecular weight is 418 g/mol. The molecule has 5 nitrogen and oxygen atoms in total. The Bertz CT molecular complexity index is 1140. The van der Waals surface area contributed by atoms with Crippen molar-refractivity contribution in [3.05, 3.63) is 70.4 Å². The summed E-state index contributed by atoms with van der Waals surface area (Å²) in [6.45, 7) is 0. The van der Waals surface area contributed by atoms with Crippen LogP contribution in [0.4, 0.5) is 0 Å². The average Bonchev–Trinajstić information content (AvgIpc) is 2.96. The van der Waals surface area contributed by atoms with Gasteiger partial charge >= 0.3 is 0 Å². The van der Waals surface area contributed by atoms with E-state index < -0.39 is 21.3 Å². The zero-order valence-electron chi connectivity index (χ0n) is 15.4. The van der Waals surface area contributed by atoms with Gasteiger partial charge in [0.25, 0.3) is 5.91 Å². The highest BCUT2D eigenvalue weighted by Gasteiger charge is 2.41. The number of hydrogen-bond donors (Lipinski definition) is 1. The quantitative estimate of drug-likeness (QED) is 0.665. The number of fused-ring (bicyclic) bond motifs is 1. The minimum absolute atomic E-state index is 0.0619. The van der Waals surface area contributed by atoms with E-state index in [1.54, 1.807) is 36.4 Å². The van der Waals surface area contributed by atoms with Crippen LogP contribution in [0.15, 0.2) is 52.9 Å². The van der Waals surface area contributed by atoms with Crippen molar-refractivity contribution in [3.8, 4) is 0 Å². The van der Waals surface area contributed by atoms with Crippen LogP contribution in [0.2, 0.25) is 5.02 Å². The van der Waals surface area contributed by atoms with Crippen LogP contribution in [0.3, 0.4) is 0 Å². The van der Waals surface area contributed by atoms with E-state index in [-0.39, 0.29) is 11.5 Å². The molecule has 2 aromatic carbocycles. The van der Waals surface area contributed by atoms with Crippen molar-refractivity contribution in [3.63, 3.8) is 0 Å². The van der Waals surface area contributed by atoms with Crippen LogP contribution in [0.1, 0.15) is 40.9 Å². The molecule has 1 amide bonds. The van der Waals surface area contributed by atoms with Gasteiger partial charge in [0.2, 0.25) is 0 Å². The Kier molecular flexibility index (Phi) is 4.71. The van der Waals surface area contributed by atoms with Crippen LogP contribution in [-0.4, -0.2) is 20.6 Å². The number of benzene rings is 2. The third kappa shape index (κ3) is 3.54. The van der Waals surface area contributed by atoms with Crippen molar-refractivity contribution >= 4 is 38.3 Å². The fourth-order valence-electron chi connectivity index (χ4n) is 3.75. The highest BCUT2D eigenvalue weighted by molar-refractivity contribution is 7.89. The lowest BCUT2D eigenvalue weighted by Crippen LogP contribution is -2.50. The van der Waals surface area contributed by atoms with Crippen molar-refractivity contribution in [1.29, 1.82) is 0 Å². The Hall–Kier alpha value is -2.31. The van der Waals surface area contributed by atoms with E-state index in [1.807, 2.05) is 12.1 Å². The lowest BCUT2D eigenvalue weighted by Gasteiger charge is -2.43. The monoisotopic (exact) mass is 417 g/mol. The van der Waals surface area contributed by atoms with Gasteiger partial charge in [-0.1, -0.05) is 41.9 Å². The summed E-state index contributed by atoms with van der Waals surface area (Å²) >= 11 is 5.99. The van der Waals surface area contributed by atoms with Crippen molar-refractivity contribution < 1.29 is 17.6 Å². The summed E-state index contributed by atoms with van der Waals surface area (Å²) in [6.07, 6.45) is 3.76. The fourth-order valence-corrected chi connectivity index (χ4v) is 4.68. The van der Waals surface area contributed by atoms with Gasteiger partial charge in [-0.15, -0.1) is 0 Å². The molecular formula is C21H20ClNO4S. The summed E-state index contributed by atoms with van der Waals surface area (Å²) in [6, 6.07) is 14.5. The van der Waals surface area contributed by atoms with Crippen LogP contribution in [0, 0.1) is 0 Å². The molecule has 4 rings (SSSR count). The molecule has 146 valence electrons. The molecule has 7 heteroatoms. The summed E-state index contributed by atoms with van der Waals surface area (Å²) < 4.78 is 29.7. The number of rotatable bonds is 5. The molecule has 1 aromatic heterocycles. The fraction of sp³-hybridized carbons (Fsp3) is 0.286. The van der Waals surface area contributed by atoms with Gasteiger partial charge in [-0.05, 0) is 43.0 Å². The molecule has 1 saturated carbocycles. The third-order valence-corrected chi connectivity index (χ3v) is 6.33. The molecule has 0 aliphatic heterocycles. The Balaban J connectivity index is 1.72. The second-order valence-electron chi connectivity index (χ2n) is 7.37. The first kappa shape index (κ1) is 19.0. The number of amides is 1. The lowest BCUT2D eigenvalue weighted by atomic mass is 9.71. The van der Waals surface area contributed by atoms with Crippen molar-refractivity contribution in [2.45, 2.75) is 30.6 Å². The molecule has 0 saturated heterocycles. The van der Waals surface area contributed by atoms with Gasteiger partial charge in [0, 0.05) is 22.2 Å². The van der Waals surface area contributed by atoms with Gasteiger partial charge in [0.05, 0.1) is 11.3 Å². The maximum absolute atomic E-state index is 13.1. The zero-order chi connectivity index (χ0) is 19.9. The largest absolute Gasteiger partial charge is 0.451 e. The number of carbonyl (C=O) groups is 1. The van der Waals surface area contributed by atoms with Crippen LogP contribution >= 0.6 is 11.6 Å². The van der Waals surface area contributed by atoms with Gasteiger partial charge in [0.1, 0.15) is 5.58 Å². The highest BCUT2D eigenvalue weighted by Crippen LogP contribution is 2.42. The summed E-state index contributed by atoms with van der Waals surface area (Å²) in [7, 11) is -3.34. The molecular weight excluding hydrogens is 398 g/mol. The number of hydrogen-bond acceptors (Lipinski definition) is 4. The minimum atomic E-state index is -3.34. The molecule has 1 aliphatic carbocycles. The molecule has 3 aromatic rings. The normalized spacial score (nSPS) is 15.9. The molecule has 1 N–H and O–H groups in total. The molecule has 1 aliphatic rings. The van der Waals surface area contributed by atoms with Gasteiger partial charge < -0.3 is 9.73 Å². The summed E-state index contributed by atoms with van der Waals surface area (Å²) in [5, 5.41) is 4.38. The summed E-state index contributed by atoms with van der Waals surface area (Å²) in [5.41, 5.74) is 1.40. The van der Waals surface area contributed by atoms with E-state index in [4.69, 9.17) is 16.0 Å². The first-order valence-corrected chi connectivity index (χ1v) is 11.5. The molecule has 0 atom stereocenters. The SMILES string of the molecule is CS(=O)(=O)Cc1c(C(=O)NC2(c3ccc(Cl)cc3)CCC2)oc2ccccc12. The van der Waals surface area contributed by atoms with Gasteiger partial charge in [-0.2, -0.15) is 0 Å². The van der Waals surface area contributed by atoms with E-state index in [0.29, 0.717) is 21.6 Å². The van der Waals surface area contributed by atoms with E-state index in [9.17, 15) is 13.2 Å². The first-order valence-electron chi connectivity index (χ1n) is 9.04. The number of nitrogens with one attached hydrogen (secondary N) is 1.